The van der Waals surface area contributed by atoms with Crippen molar-refractivity contribution >= 4 is 38.5 Å². The van der Waals surface area contributed by atoms with E-state index in [1.165, 1.54) is 35.6 Å². The highest BCUT2D eigenvalue weighted by Gasteiger charge is 2.27. The van der Waals surface area contributed by atoms with Crippen LogP contribution >= 0.6 is 0 Å². The maximum atomic E-state index is 13.4. The number of amides is 2. The number of hydrogen-bond donors (Lipinski definition) is 2. The molecular formula is C36H36FN3O6S. The summed E-state index contributed by atoms with van der Waals surface area (Å²) >= 11 is 0. The van der Waals surface area contributed by atoms with Gasteiger partial charge in [-0.25, -0.2) is 12.8 Å². The Morgan fingerprint density at radius 3 is 2.11 bits per heavy atom. The van der Waals surface area contributed by atoms with E-state index in [9.17, 15) is 22.4 Å². The molecule has 5 aromatic rings. The van der Waals surface area contributed by atoms with Crippen LogP contribution in [0.5, 0.6) is 11.5 Å². The van der Waals surface area contributed by atoms with E-state index < -0.39 is 21.5 Å². The maximum absolute atomic E-state index is 13.4. The van der Waals surface area contributed by atoms with Crippen LogP contribution in [0.3, 0.4) is 0 Å². The van der Waals surface area contributed by atoms with Crippen molar-refractivity contribution < 1.29 is 31.6 Å². The number of nitrogens with zero attached hydrogens (tertiary/aromatic N) is 1. The van der Waals surface area contributed by atoms with E-state index in [0.717, 1.165) is 6.26 Å². The molecule has 0 spiro atoms. The average Bonchev–Trinajstić information content (AvgIpc) is 3.39. The summed E-state index contributed by atoms with van der Waals surface area (Å²) in [6.07, 6.45) is 1.12. The molecule has 1 aromatic heterocycles. The molecule has 2 N–H and O–H groups in total. The fourth-order valence-electron chi connectivity index (χ4n) is 5.26. The Morgan fingerprint density at radius 1 is 0.894 bits per heavy atom. The number of benzene rings is 4. The topological polar surface area (TPSA) is 118 Å². The Hall–Kier alpha value is -5.16. The number of halogens is 1. The molecule has 4 aromatic carbocycles. The molecule has 0 aliphatic heterocycles. The quantitative estimate of drug-likeness (QED) is 0.171. The van der Waals surface area contributed by atoms with Gasteiger partial charge < -0.3 is 19.8 Å². The van der Waals surface area contributed by atoms with Gasteiger partial charge in [-0.3, -0.25) is 13.9 Å². The van der Waals surface area contributed by atoms with Gasteiger partial charge >= 0.3 is 0 Å². The number of nitrogens with one attached hydrogen (secondary N) is 2. The van der Waals surface area contributed by atoms with Gasteiger partial charge in [-0.15, -0.1) is 0 Å². The van der Waals surface area contributed by atoms with E-state index in [4.69, 9.17) is 9.15 Å². The summed E-state index contributed by atoms with van der Waals surface area (Å²) in [5, 5.41) is 6.09. The first kappa shape index (κ1) is 33.2. The molecule has 1 heterocycles. The zero-order valence-electron chi connectivity index (χ0n) is 27.0. The van der Waals surface area contributed by atoms with E-state index >= 15 is 0 Å². The Balaban J connectivity index is 1.68. The lowest BCUT2D eigenvalue weighted by Crippen LogP contribution is -2.40. The molecule has 0 bridgehead atoms. The number of furan rings is 1. The molecule has 244 valence electrons. The Bertz CT molecular complexity index is 2070. The van der Waals surface area contributed by atoms with Gasteiger partial charge in [0.15, 0.2) is 0 Å². The normalized spacial score (nSPS) is 11.7. The summed E-state index contributed by atoms with van der Waals surface area (Å²) in [7, 11) is -2.22. The van der Waals surface area contributed by atoms with Crippen molar-refractivity contribution in [3.63, 3.8) is 0 Å². The molecule has 0 radical (unpaired) electrons. The van der Waals surface area contributed by atoms with Crippen molar-refractivity contribution in [2.24, 2.45) is 0 Å². The van der Waals surface area contributed by atoms with Crippen molar-refractivity contribution in [1.82, 2.24) is 10.6 Å². The molecule has 0 aliphatic carbocycles. The average molecular weight is 658 g/mol. The van der Waals surface area contributed by atoms with Crippen molar-refractivity contribution in [3.05, 3.63) is 102 Å². The fourth-order valence-corrected chi connectivity index (χ4v) is 6.24. The fraction of sp³-hybridized carbons (Fsp3) is 0.222. The zero-order valence-corrected chi connectivity index (χ0v) is 27.8. The van der Waals surface area contributed by atoms with Gasteiger partial charge in [-0.2, -0.15) is 0 Å². The van der Waals surface area contributed by atoms with Crippen LogP contribution in [0.1, 0.15) is 48.4 Å². The summed E-state index contributed by atoms with van der Waals surface area (Å²) in [5.74, 6) is 0.170. The first-order valence-electron chi connectivity index (χ1n) is 15.0. The van der Waals surface area contributed by atoms with Crippen LogP contribution in [0.2, 0.25) is 0 Å². The van der Waals surface area contributed by atoms with Crippen LogP contribution in [-0.2, 0) is 10.0 Å². The first-order chi connectivity index (χ1) is 22.2. The number of carbonyl (C=O) groups excluding carboxylic acids is 2. The molecule has 0 unspecified atom stereocenters. The third-order valence-electron chi connectivity index (χ3n) is 7.31. The highest BCUT2D eigenvalue weighted by atomic mass is 32.2. The Kier molecular flexibility index (Phi) is 9.13. The highest BCUT2D eigenvalue weighted by Crippen LogP contribution is 2.42. The summed E-state index contributed by atoms with van der Waals surface area (Å²) in [6, 6.07) is 22.7. The molecule has 2 amide bonds. The molecule has 0 fully saturated rings. The maximum Gasteiger partial charge on any atom is 0.255 e. The largest absolute Gasteiger partial charge is 0.457 e. The minimum atomic E-state index is -3.73. The number of anilines is 1. The van der Waals surface area contributed by atoms with Gasteiger partial charge in [0.1, 0.15) is 28.7 Å². The van der Waals surface area contributed by atoms with Crippen LogP contribution < -0.4 is 19.7 Å². The van der Waals surface area contributed by atoms with E-state index in [-0.39, 0.29) is 29.6 Å². The molecule has 0 aliphatic rings. The third-order valence-corrected chi connectivity index (χ3v) is 8.56. The molecule has 11 heteroatoms. The number of rotatable bonds is 9. The standard InChI is InChI=1S/C36H36FN3O6S/c1-7-40(47(6,43)44)30-21-31-29(20-28(30)23-9-8-10-24(19-23)34(41)39-36(2,3)4)32(35(42)38-5)33(46-31)22-11-15-26(16-12-22)45-27-17-13-25(37)14-18-27/h8-21H,7H2,1-6H3,(H,38,42)(H,39,41). The zero-order chi connectivity index (χ0) is 34.1. The number of hydrogen-bond acceptors (Lipinski definition) is 6. The molecular weight excluding hydrogens is 621 g/mol. The van der Waals surface area contributed by atoms with Crippen molar-refractivity contribution in [2.75, 3.05) is 24.2 Å². The number of ether oxygens (including phenoxy) is 1. The second-order valence-corrected chi connectivity index (χ2v) is 14.0. The SMILES string of the molecule is CCN(c1cc2oc(-c3ccc(Oc4ccc(F)cc4)cc3)c(C(=O)NC)c2cc1-c1cccc(C(=O)NC(C)(C)C)c1)S(C)(=O)=O. The van der Waals surface area contributed by atoms with Gasteiger partial charge in [-0.1, -0.05) is 12.1 Å². The van der Waals surface area contributed by atoms with Crippen LogP contribution in [0.4, 0.5) is 10.1 Å². The molecule has 47 heavy (non-hydrogen) atoms. The molecule has 0 saturated heterocycles. The van der Waals surface area contributed by atoms with Gasteiger partial charge in [0.05, 0.1) is 17.5 Å². The lowest BCUT2D eigenvalue weighted by Gasteiger charge is -2.24. The van der Waals surface area contributed by atoms with Crippen LogP contribution in [-0.4, -0.2) is 45.6 Å². The number of sulfonamides is 1. The second-order valence-electron chi connectivity index (χ2n) is 12.0. The summed E-state index contributed by atoms with van der Waals surface area (Å²) in [6.45, 7) is 7.51. The minimum Gasteiger partial charge on any atom is -0.457 e. The van der Waals surface area contributed by atoms with Gasteiger partial charge in [0, 0.05) is 47.3 Å². The van der Waals surface area contributed by atoms with Crippen LogP contribution in [0.15, 0.2) is 89.3 Å². The third kappa shape index (κ3) is 7.30. The smallest absolute Gasteiger partial charge is 0.255 e. The summed E-state index contributed by atoms with van der Waals surface area (Å²) < 4.78 is 52.7. The van der Waals surface area contributed by atoms with Crippen LogP contribution in [0.25, 0.3) is 33.4 Å². The van der Waals surface area contributed by atoms with E-state index in [2.05, 4.69) is 10.6 Å². The lowest BCUT2D eigenvalue weighted by atomic mass is 9.97. The first-order valence-corrected chi connectivity index (χ1v) is 16.8. The molecule has 0 saturated carbocycles. The molecule has 9 nitrogen and oxygen atoms in total. The highest BCUT2D eigenvalue weighted by molar-refractivity contribution is 7.92. The molecule has 5 rings (SSSR count). The van der Waals surface area contributed by atoms with Gasteiger partial charge in [-0.05, 0) is 100.0 Å². The van der Waals surface area contributed by atoms with E-state index in [0.29, 0.717) is 50.4 Å². The van der Waals surface area contributed by atoms with Crippen LogP contribution in [0, 0.1) is 5.82 Å². The van der Waals surface area contributed by atoms with Crippen molar-refractivity contribution in [2.45, 2.75) is 33.2 Å². The summed E-state index contributed by atoms with van der Waals surface area (Å²) in [5.41, 5.74) is 2.47. The second kappa shape index (κ2) is 12.9. The monoisotopic (exact) mass is 657 g/mol. The lowest BCUT2D eigenvalue weighted by molar-refractivity contribution is 0.0918. The van der Waals surface area contributed by atoms with E-state index in [1.807, 2.05) is 20.8 Å². The van der Waals surface area contributed by atoms with Crippen molar-refractivity contribution in [1.29, 1.82) is 0 Å². The Labute approximate surface area is 273 Å². The molecule has 0 atom stereocenters. The predicted molar refractivity (Wildman–Crippen MR) is 182 cm³/mol. The van der Waals surface area contributed by atoms with Crippen molar-refractivity contribution in [3.8, 4) is 33.9 Å². The Morgan fingerprint density at radius 2 is 1.53 bits per heavy atom. The van der Waals surface area contributed by atoms with Gasteiger partial charge in [0.2, 0.25) is 10.0 Å². The summed E-state index contributed by atoms with van der Waals surface area (Å²) in [4.78, 5) is 26.5. The van der Waals surface area contributed by atoms with Gasteiger partial charge in [0.25, 0.3) is 11.8 Å². The minimum absolute atomic E-state index is 0.132. The number of carbonyl (C=O) groups is 2. The number of fused-ring (bicyclic) bond motifs is 1. The van der Waals surface area contributed by atoms with E-state index in [1.54, 1.807) is 67.6 Å². The predicted octanol–water partition coefficient (Wildman–Crippen LogP) is 7.37.